The van der Waals surface area contributed by atoms with Crippen LogP contribution in [0.5, 0.6) is 0 Å². The van der Waals surface area contributed by atoms with Gasteiger partial charge in [0.05, 0.1) is 5.69 Å². The lowest BCUT2D eigenvalue weighted by Crippen LogP contribution is -2.36. The molecule has 0 aromatic heterocycles. The van der Waals surface area contributed by atoms with Gasteiger partial charge < -0.3 is 9.84 Å². The highest BCUT2D eigenvalue weighted by Gasteiger charge is 2.23. The highest BCUT2D eigenvalue weighted by molar-refractivity contribution is 5.97. The Morgan fingerprint density at radius 3 is 2.07 bits per heavy atom. The summed E-state index contributed by atoms with van der Waals surface area (Å²) in [6, 6.07) is 25.9. The van der Waals surface area contributed by atoms with Gasteiger partial charge in [-0.25, -0.2) is 4.79 Å². The zero-order chi connectivity index (χ0) is 19.1. The molecule has 0 radical (unpaired) electrons. The Kier molecular flexibility index (Phi) is 5.84. The second-order valence-electron chi connectivity index (χ2n) is 5.90. The van der Waals surface area contributed by atoms with Crippen molar-refractivity contribution in [3.05, 3.63) is 90.5 Å². The minimum Gasteiger partial charge on any atom is -0.480 e. The summed E-state index contributed by atoms with van der Waals surface area (Å²) in [4.78, 5) is 25.2. The van der Waals surface area contributed by atoms with Crippen LogP contribution in [0, 0.1) is 0 Å². The van der Waals surface area contributed by atoms with Gasteiger partial charge in [-0.2, -0.15) is 0 Å². The van der Waals surface area contributed by atoms with E-state index in [1.807, 2.05) is 72.8 Å². The van der Waals surface area contributed by atoms with Crippen LogP contribution in [0.1, 0.15) is 5.56 Å². The quantitative estimate of drug-likeness (QED) is 0.698. The molecule has 0 atom stereocenters. The van der Waals surface area contributed by atoms with Crippen molar-refractivity contribution < 1.29 is 19.4 Å². The topological polar surface area (TPSA) is 66.8 Å². The van der Waals surface area contributed by atoms with Gasteiger partial charge in [-0.05, 0) is 17.2 Å². The van der Waals surface area contributed by atoms with E-state index in [0.717, 1.165) is 21.6 Å². The van der Waals surface area contributed by atoms with Gasteiger partial charge in [0.25, 0.3) is 0 Å². The molecule has 0 aliphatic heterocycles. The minimum atomic E-state index is -1.12. The third kappa shape index (κ3) is 4.73. The fourth-order valence-corrected chi connectivity index (χ4v) is 2.75. The summed E-state index contributed by atoms with van der Waals surface area (Å²) in [5.74, 6) is -1.12. The summed E-state index contributed by atoms with van der Waals surface area (Å²) >= 11 is 0. The van der Waals surface area contributed by atoms with E-state index >= 15 is 0 Å². The summed E-state index contributed by atoms with van der Waals surface area (Å²) in [6.07, 6.45) is -0.704. The van der Waals surface area contributed by atoms with Crippen molar-refractivity contribution in [3.8, 4) is 11.1 Å². The first kappa shape index (κ1) is 18.2. The predicted octanol–water partition coefficient (Wildman–Crippen LogP) is 4.58. The first-order valence-corrected chi connectivity index (χ1v) is 8.49. The summed E-state index contributed by atoms with van der Waals surface area (Å²) < 4.78 is 5.36. The number of ether oxygens (including phenoxy) is 1. The standard InChI is InChI=1S/C22H19NO4/c24-21(25)15-23(22(26)27-16-17-9-3-1-4-10-17)20-14-8-7-13-19(20)18-11-5-2-6-12-18/h1-14H,15-16H2,(H,24,25). The Bertz CT molecular complexity index is 910. The van der Waals surface area contributed by atoms with E-state index in [0.29, 0.717) is 5.69 Å². The number of rotatable bonds is 6. The van der Waals surface area contributed by atoms with Crippen LogP contribution in [0.4, 0.5) is 10.5 Å². The number of carboxylic acid groups (broad SMARTS) is 1. The molecule has 0 unspecified atom stereocenters. The van der Waals surface area contributed by atoms with Crippen LogP contribution in [0.25, 0.3) is 11.1 Å². The number of nitrogens with zero attached hydrogens (tertiary/aromatic N) is 1. The SMILES string of the molecule is O=C(O)CN(C(=O)OCc1ccccc1)c1ccccc1-c1ccccc1. The van der Waals surface area contributed by atoms with Gasteiger partial charge in [0, 0.05) is 5.56 Å². The number of carbonyl (C=O) groups is 2. The van der Waals surface area contributed by atoms with Crippen LogP contribution < -0.4 is 4.90 Å². The van der Waals surface area contributed by atoms with Crippen molar-refractivity contribution in [1.29, 1.82) is 0 Å². The van der Waals surface area contributed by atoms with Crippen molar-refractivity contribution in [2.24, 2.45) is 0 Å². The molecule has 0 spiro atoms. The smallest absolute Gasteiger partial charge is 0.415 e. The highest BCUT2D eigenvalue weighted by Crippen LogP contribution is 2.31. The van der Waals surface area contributed by atoms with E-state index in [9.17, 15) is 14.7 Å². The van der Waals surface area contributed by atoms with Gasteiger partial charge in [0.15, 0.2) is 0 Å². The predicted molar refractivity (Wildman–Crippen MR) is 103 cm³/mol. The highest BCUT2D eigenvalue weighted by atomic mass is 16.6. The van der Waals surface area contributed by atoms with Gasteiger partial charge in [0.1, 0.15) is 13.2 Å². The lowest BCUT2D eigenvalue weighted by molar-refractivity contribution is -0.135. The van der Waals surface area contributed by atoms with Crippen molar-refractivity contribution in [1.82, 2.24) is 0 Å². The molecule has 0 saturated heterocycles. The largest absolute Gasteiger partial charge is 0.480 e. The van der Waals surface area contributed by atoms with E-state index < -0.39 is 18.6 Å². The molecule has 1 amide bonds. The first-order valence-electron chi connectivity index (χ1n) is 8.49. The van der Waals surface area contributed by atoms with Crippen molar-refractivity contribution in [3.63, 3.8) is 0 Å². The summed E-state index contributed by atoms with van der Waals surface area (Å²) in [7, 11) is 0. The second-order valence-corrected chi connectivity index (χ2v) is 5.90. The number of para-hydroxylation sites is 1. The van der Waals surface area contributed by atoms with Crippen molar-refractivity contribution in [2.45, 2.75) is 6.61 Å². The number of amides is 1. The third-order valence-corrected chi connectivity index (χ3v) is 4.00. The van der Waals surface area contributed by atoms with Crippen molar-refractivity contribution >= 4 is 17.7 Å². The molecule has 0 saturated carbocycles. The zero-order valence-corrected chi connectivity index (χ0v) is 14.6. The molecule has 136 valence electrons. The van der Waals surface area contributed by atoms with Gasteiger partial charge in [-0.3, -0.25) is 9.69 Å². The summed E-state index contributed by atoms with van der Waals surface area (Å²) in [5, 5.41) is 9.29. The lowest BCUT2D eigenvalue weighted by Gasteiger charge is -2.23. The Morgan fingerprint density at radius 2 is 1.41 bits per heavy atom. The maximum atomic E-state index is 12.7. The van der Waals surface area contributed by atoms with Crippen LogP contribution >= 0.6 is 0 Å². The molecular formula is C22H19NO4. The molecule has 3 aromatic carbocycles. The molecule has 27 heavy (non-hydrogen) atoms. The number of carbonyl (C=O) groups excluding carboxylic acids is 1. The average Bonchev–Trinajstić information content (AvgIpc) is 2.71. The van der Waals surface area contributed by atoms with Crippen LogP contribution in [0.15, 0.2) is 84.9 Å². The molecule has 0 heterocycles. The molecule has 5 heteroatoms. The van der Waals surface area contributed by atoms with Gasteiger partial charge in [-0.1, -0.05) is 78.9 Å². The molecule has 3 aromatic rings. The van der Waals surface area contributed by atoms with Gasteiger partial charge in [-0.15, -0.1) is 0 Å². The summed E-state index contributed by atoms with van der Waals surface area (Å²) in [5.41, 5.74) is 2.97. The Hall–Kier alpha value is -3.60. The van der Waals surface area contributed by atoms with Crippen LogP contribution in [-0.4, -0.2) is 23.7 Å². The Labute approximate surface area is 157 Å². The Morgan fingerprint density at radius 1 is 0.815 bits per heavy atom. The fraction of sp³-hybridized carbons (Fsp3) is 0.0909. The number of benzene rings is 3. The summed E-state index contributed by atoms with van der Waals surface area (Å²) in [6.45, 7) is -0.416. The van der Waals surface area contributed by atoms with Gasteiger partial charge in [0.2, 0.25) is 0 Å². The van der Waals surface area contributed by atoms with Crippen molar-refractivity contribution in [2.75, 3.05) is 11.4 Å². The first-order chi connectivity index (χ1) is 13.1. The normalized spacial score (nSPS) is 10.2. The lowest BCUT2D eigenvalue weighted by atomic mass is 10.0. The molecule has 1 N–H and O–H groups in total. The van der Waals surface area contributed by atoms with E-state index in [-0.39, 0.29) is 6.61 Å². The average molecular weight is 361 g/mol. The number of hydrogen-bond acceptors (Lipinski definition) is 3. The van der Waals surface area contributed by atoms with Crippen LogP contribution in [0.3, 0.4) is 0 Å². The Balaban J connectivity index is 1.89. The van der Waals surface area contributed by atoms with Gasteiger partial charge >= 0.3 is 12.1 Å². The molecule has 0 aliphatic rings. The fourth-order valence-electron chi connectivity index (χ4n) is 2.75. The van der Waals surface area contributed by atoms with E-state index in [2.05, 4.69) is 0 Å². The van der Waals surface area contributed by atoms with E-state index in [1.54, 1.807) is 12.1 Å². The number of hydrogen-bond donors (Lipinski definition) is 1. The second kappa shape index (κ2) is 8.67. The van der Waals surface area contributed by atoms with E-state index in [1.165, 1.54) is 0 Å². The third-order valence-electron chi connectivity index (χ3n) is 4.00. The minimum absolute atomic E-state index is 0.0727. The number of aliphatic carboxylic acids is 1. The maximum Gasteiger partial charge on any atom is 0.415 e. The maximum absolute atomic E-state index is 12.7. The molecule has 0 aliphatic carbocycles. The molecule has 5 nitrogen and oxygen atoms in total. The molecule has 0 fully saturated rings. The van der Waals surface area contributed by atoms with E-state index in [4.69, 9.17) is 4.74 Å². The van der Waals surface area contributed by atoms with Crippen LogP contribution in [-0.2, 0) is 16.1 Å². The molecular weight excluding hydrogens is 342 g/mol. The zero-order valence-electron chi connectivity index (χ0n) is 14.6. The molecule has 3 rings (SSSR count). The number of carboxylic acids is 1. The monoisotopic (exact) mass is 361 g/mol. The number of anilines is 1. The van der Waals surface area contributed by atoms with Crippen LogP contribution in [0.2, 0.25) is 0 Å². The molecule has 0 bridgehead atoms.